The highest BCUT2D eigenvalue weighted by Gasteiger charge is 2.06. The number of hydrogen-bond acceptors (Lipinski definition) is 3. The van der Waals surface area contributed by atoms with E-state index in [0.29, 0.717) is 29.1 Å². The molecule has 0 radical (unpaired) electrons. The highest BCUT2D eigenvalue weighted by Crippen LogP contribution is 2.26. The molecule has 1 aromatic carbocycles. The maximum atomic E-state index is 5.91. The highest BCUT2D eigenvalue weighted by atomic mass is 35.5. The van der Waals surface area contributed by atoms with E-state index in [9.17, 15) is 0 Å². The van der Waals surface area contributed by atoms with Crippen LogP contribution in [0.4, 0.5) is 5.69 Å². The first-order valence-electron chi connectivity index (χ1n) is 6.32. The van der Waals surface area contributed by atoms with Gasteiger partial charge in [-0.25, -0.2) is 0 Å². The second kappa shape index (κ2) is 5.97. The van der Waals surface area contributed by atoms with Crippen molar-refractivity contribution in [2.24, 2.45) is 0 Å². The van der Waals surface area contributed by atoms with Gasteiger partial charge in [0.25, 0.3) is 0 Å². The number of anilines is 1. The van der Waals surface area contributed by atoms with Crippen LogP contribution in [0.5, 0.6) is 5.75 Å². The number of halogens is 1. The lowest BCUT2D eigenvalue weighted by atomic mass is 10.3. The van der Waals surface area contributed by atoms with E-state index in [0.717, 1.165) is 12.1 Å². The van der Waals surface area contributed by atoms with Crippen molar-refractivity contribution in [3.63, 3.8) is 0 Å². The molecule has 5 heteroatoms. The Morgan fingerprint density at radius 1 is 1.42 bits per heavy atom. The summed E-state index contributed by atoms with van der Waals surface area (Å²) in [4.78, 5) is 0. The molecule has 0 aliphatic carbocycles. The van der Waals surface area contributed by atoms with E-state index >= 15 is 0 Å². The molecule has 0 saturated heterocycles. The van der Waals surface area contributed by atoms with Gasteiger partial charge in [0.05, 0.1) is 11.4 Å². The molecule has 1 atom stereocenters. The van der Waals surface area contributed by atoms with Gasteiger partial charge >= 0.3 is 0 Å². The fourth-order valence-electron chi connectivity index (χ4n) is 1.67. The molecular weight excluding hydrogens is 262 g/mol. The third-order valence-electron chi connectivity index (χ3n) is 3.06. The van der Waals surface area contributed by atoms with Gasteiger partial charge in [0.15, 0.2) is 0 Å². The second-order valence-corrected chi connectivity index (χ2v) is 4.95. The first kappa shape index (κ1) is 13.7. The molecule has 102 valence electrons. The van der Waals surface area contributed by atoms with Crippen molar-refractivity contribution in [3.8, 4) is 5.75 Å². The third kappa shape index (κ3) is 3.41. The zero-order valence-electron chi connectivity index (χ0n) is 11.1. The first-order valence-corrected chi connectivity index (χ1v) is 6.69. The summed E-state index contributed by atoms with van der Waals surface area (Å²) in [6, 6.07) is 7.52. The Balaban J connectivity index is 2.02. The summed E-state index contributed by atoms with van der Waals surface area (Å²) in [5.41, 5.74) is 7.27. The van der Waals surface area contributed by atoms with Crippen LogP contribution in [0.2, 0.25) is 5.02 Å². The zero-order valence-corrected chi connectivity index (χ0v) is 11.9. The third-order valence-corrected chi connectivity index (χ3v) is 3.29. The van der Waals surface area contributed by atoms with Crippen molar-refractivity contribution in [3.05, 3.63) is 41.2 Å². The van der Waals surface area contributed by atoms with Crippen LogP contribution in [-0.4, -0.2) is 9.78 Å². The van der Waals surface area contributed by atoms with Crippen LogP contribution >= 0.6 is 11.6 Å². The lowest BCUT2D eigenvalue weighted by molar-refractivity contribution is 0.300. The van der Waals surface area contributed by atoms with Crippen molar-refractivity contribution in [2.45, 2.75) is 32.9 Å². The number of hydrogen-bond donors (Lipinski definition) is 1. The van der Waals surface area contributed by atoms with E-state index in [2.05, 4.69) is 18.9 Å². The number of nitrogen functional groups attached to an aromatic ring is 1. The molecule has 2 aromatic rings. The molecule has 0 aliphatic heterocycles. The van der Waals surface area contributed by atoms with Gasteiger partial charge < -0.3 is 10.5 Å². The number of rotatable bonds is 5. The summed E-state index contributed by atoms with van der Waals surface area (Å²) < 4.78 is 7.59. The van der Waals surface area contributed by atoms with Crippen LogP contribution in [0.1, 0.15) is 32.0 Å². The molecule has 4 nitrogen and oxygen atoms in total. The van der Waals surface area contributed by atoms with Gasteiger partial charge in [-0.2, -0.15) is 5.10 Å². The molecule has 2 rings (SSSR count). The van der Waals surface area contributed by atoms with Crippen molar-refractivity contribution in [1.29, 1.82) is 0 Å². The fourth-order valence-corrected chi connectivity index (χ4v) is 1.83. The van der Waals surface area contributed by atoms with Gasteiger partial charge in [0.1, 0.15) is 12.4 Å². The maximum Gasteiger partial charge on any atom is 0.144 e. The minimum Gasteiger partial charge on any atom is -0.485 e. The number of ether oxygens (including phenoxy) is 1. The summed E-state index contributed by atoms with van der Waals surface area (Å²) in [6.07, 6.45) is 3.01. The normalized spacial score (nSPS) is 12.4. The first-order chi connectivity index (χ1) is 9.10. The second-order valence-electron chi connectivity index (χ2n) is 4.52. The molecule has 0 amide bonds. The smallest absolute Gasteiger partial charge is 0.144 e. The van der Waals surface area contributed by atoms with Crippen LogP contribution in [0.25, 0.3) is 0 Å². The van der Waals surface area contributed by atoms with Crippen LogP contribution in [0.3, 0.4) is 0 Å². The Hall–Kier alpha value is -1.68. The number of nitrogens with two attached hydrogens (primary N) is 1. The summed E-state index contributed by atoms with van der Waals surface area (Å²) in [5.74, 6) is 0.589. The Bertz CT molecular complexity index is 553. The summed E-state index contributed by atoms with van der Waals surface area (Å²) in [5, 5.41) is 5.07. The van der Waals surface area contributed by atoms with E-state index in [-0.39, 0.29) is 0 Å². The quantitative estimate of drug-likeness (QED) is 0.850. The molecule has 0 spiro atoms. The van der Waals surface area contributed by atoms with E-state index in [4.69, 9.17) is 22.1 Å². The van der Waals surface area contributed by atoms with Gasteiger partial charge in [0, 0.05) is 23.3 Å². The minimum absolute atomic E-state index is 0.383. The average molecular weight is 280 g/mol. The Kier molecular flexibility index (Phi) is 4.32. The van der Waals surface area contributed by atoms with Crippen molar-refractivity contribution < 1.29 is 4.74 Å². The number of aromatic nitrogens is 2. The lowest BCUT2D eigenvalue weighted by Gasteiger charge is -2.09. The molecule has 0 bridgehead atoms. The van der Waals surface area contributed by atoms with E-state index in [1.54, 1.807) is 18.2 Å². The molecule has 1 heterocycles. The molecule has 2 N–H and O–H groups in total. The Morgan fingerprint density at radius 3 is 2.95 bits per heavy atom. The van der Waals surface area contributed by atoms with Crippen LogP contribution in [-0.2, 0) is 6.61 Å². The van der Waals surface area contributed by atoms with Gasteiger partial charge in [-0.1, -0.05) is 18.5 Å². The van der Waals surface area contributed by atoms with Crippen molar-refractivity contribution in [2.75, 3.05) is 5.73 Å². The monoisotopic (exact) mass is 279 g/mol. The number of benzene rings is 1. The van der Waals surface area contributed by atoms with Crippen molar-refractivity contribution >= 4 is 17.3 Å². The van der Waals surface area contributed by atoms with E-state index in [1.165, 1.54) is 0 Å². The Morgan fingerprint density at radius 2 is 2.21 bits per heavy atom. The molecule has 0 saturated carbocycles. The standard InChI is InChI=1S/C14H18ClN3O/c1-3-10(2)18-7-6-12(17-18)9-19-14-8-11(15)4-5-13(14)16/h4-8,10H,3,9,16H2,1-2H3. The van der Waals surface area contributed by atoms with Crippen molar-refractivity contribution in [1.82, 2.24) is 9.78 Å². The summed E-state index contributed by atoms with van der Waals surface area (Å²) in [6.45, 7) is 4.65. The SMILES string of the molecule is CCC(C)n1ccc(COc2cc(Cl)ccc2N)n1. The van der Waals surface area contributed by atoms with Crippen LogP contribution in [0.15, 0.2) is 30.5 Å². The largest absolute Gasteiger partial charge is 0.485 e. The van der Waals surface area contributed by atoms with E-state index in [1.807, 2.05) is 16.9 Å². The van der Waals surface area contributed by atoms with Gasteiger partial charge in [-0.15, -0.1) is 0 Å². The topological polar surface area (TPSA) is 53.1 Å². The number of nitrogens with zero attached hydrogens (tertiary/aromatic N) is 2. The van der Waals surface area contributed by atoms with Crippen LogP contribution in [0, 0.1) is 0 Å². The minimum atomic E-state index is 0.383. The molecule has 19 heavy (non-hydrogen) atoms. The lowest BCUT2D eigenvalue weighted by Crippen LogP contribution is -2.06. The maximum absolute atomic E-state index is 5.91. The highest BCUT2D eigenvalue weighted by molar-refractivity contribution is 6.30. The molecule has 1 aromatic heterocycles. The molecule has 1 unspecified atom stereocenters. The predicted molar refractivity (Wildman–Crippen MR) is 77.4 cm³/mol. The van der Waals surface area contributed by atoms with Gasteiger partial charge in [-0.3, -0.25) is 4.68 Å². The predicted octanol–water partition coefficient (Wildman–Crippen LogP) is 3.67. The van der Waals surface area contributed by atoms with Gasteiger partial charge in [0.2, 0.25) is 0 Å². The molecule has 0 fully saturated rings. The zero-order chi connectivity index (χ0) is 13.8. The summed E-state index contributed by atoms with van der Waals surface area (Å²) in [7, 11) is 0. The Labute approximate surface area is 118 Å². The van der Waals surface area contributed by atoms with Crippen LogP contribution < -0.4 is 10.5 Å². The molecule has 0 aliphatic rings. The average Bonchev–Trinajstić information content (AvgIpc) is 2.88. The molecular formula is C14H18ClN3O. The summed E-state index contributed by atoms with van der Waals surface area (Å²) >= 11 is 5.91. The van der Waals surface area contributed by atoms with Gasteiger partial charge in [-0.05, 0) is 31.5 Å². The van der Waals surface area contributed by atoms with E-state index < -0.39 is 0 Å². The fraction of sp³-hybridized carbons (Fsp3) is 0.357.